The van der Waals surface area contributed by atoms with Gasteiger partial charge in [0.1, 0.15) is 0 Å². The van der Waals surface area contributed by atoms with Crippen molar-refractivity contribution < 1.29 is 5.11 Å². The fraction of sp³-hybridized carbons (Fsp3) is 0.800. The van der Waals surface area contributed by atoms with Gasteiger partial charge in [0.15, 0.2) is 0 Å². The van der Waals surface area contributed by atoms with Crippen LogP contribution in [0.5, 0.6) is 0 Å². The van der Waals surface area contributed by atoms with Crippen molar-refractivity contribution in [1.29, 1.82) is 0 Å². The summed E-state index contributed by atoms with van der Waals surface area (Å²) in [5, 5.41) is 9.03. The smallest absolute Gasteiger partial charge is 0.0723 e. The Morgan fingerprint density at radius 2 is 1.91 bits per heavy atom. The van der Waals surface area contributed by atoms with E-state index in [1.807, 2.05) is 0 Å². The number of rotatable bonds is 7. The van der Waals surface area contributed by atoms with E-state index in [1.54, 1.807) is 0 Å². The summed E-state index contributed by atoms with van der Waals surface area (Å²) >= 11 is 0. The van der Waals surface area contributed by atoms with Crippen molar-refractivity contribution in [2.75, 3.05) is 0 Å². The molecule has 0 rings (SSSR count). The molecule has 65 valence electrons. The van der Waals surface area contributed by atoms with Crippen LogP contribution in [-0.2, 0) is 0 Å². The largest absolute Gasteiger partial charge is 0.389 e. The maximum absolute atomic E-state index is 9.03. The molecule has 1 heteroatoms. The van der Waals surface area contributed by atoms with Crippen LogP contribution in [0.3, 0.4) is 0 Å². The standard InChI is InChI=1S/C10H19O/c1-3-5-6-7-8-9-10(11)4-2/h2,4,10-11H,3,5-9H2,1H3. The predicted octanol–water partition coefficient (Wildman–Crippen LogP) is 2.70. The van der Waals surface area contributed by atoms with Crippen molar-refractivity contribution >= 4 is 0 Å². The van der Waals surface area contributed by atoms with E-state index in [0.717, 1.165) is 12.8 Å². The molecule has 1 unspecified atom stereocenters. The van der Waals surface area contributed by atoms with Crippen LogP contribution in [0.25, 0.3) is 0 Å². The van der Waals surface area contributed by atoms with E-state index in [2.05, 4.69) is 6.92 Å². The molecular formula is C10H19O. The second-order valence-electron chi connectivity index (χ2n) is 2.96. The van der Waals surface area contributed by atoms with Gasteiger partial charge in [0, 0.05) is 0 Å². The Morgan fingerprint density at radius 1 is 1.27 bits per heavy atom. The average Bonchev–Trinajstić information content (AvgIpc) is 2.04. The summed E-state index contributed by atoms with van der Waals surface area (Å²) in [4.78, 5) is 0. The highest BCUT2D eigenvalue weighted by Crippen LogP contribution is 2.07. The van der Waals surface area contributed by atoms with Gasteiger partial charge >= 0.3 is 0 Å². The van der Waals surface area contributed by atoms with Gasteiger partial charge in [-0.25, -0.2) is 0 Å². The number of aliphatic hydroxyl groups is 1. The summed E-state index contributed by atoms with van der Waals surface area (Å²) in [6.07, 6.45) is 7.96. The van der Waals surface area contributed by atoms with Crippen LogP contribution in [-0.4, -0.2) is 11.2 Å². The van der Waals surface area contributed by atoms with E-state index in [4.69, 9.17) is 11.7 Å². The SMILES string of the molecule is [CH]=CC(O)CCCCCCC. The van der Waals surface area contributed by atoms with Crippen LogP contribution in [0.15, 0.2) is 6.08 Å². The topological polar surface area (TPSA) is 20.2 Å². The number of aliphatic hydroxyl groups excluding tert-OH is 1. The molecule has 0 aliphatic rings. The van der Waals surface area contributed by atoms with Crippen molar-refractivity contribution in [3.63, 3.8) is 0 Å². The van der Waals surface area contributed by atoms with Gasteiger partial charge in [-0.3, -0.25) is 0 Å². The molecule has 1 nitrogen and oxygen atoms in total. The summed E-state index contributed by atoms with van der Waals surface area (Å²) in [5.41, 5.74) is 0. The molecule has 1 atom stereocenters. The molecule has 1 radical (unpaired) electrons. The fourth-order valence-corrected chi connectivity index (χ4v) is 1.05. The van der Waals surface area contributed by atoms with E-state index < -0.39 is 6.10 Å². The molecule has 0 saturated carbocycles. The van der Waals surface area contributed by atoms with E-state index in [0.29, 0.717) is 0 Å². The van der Waals surface area contributed by atoms with Crippen LogP contribution in [0.2, 0.25) is 0 Å². The van der Waals surface area contributed by atoms with E-state index in [1.165, 1.54) is 31.8 Å². The van der Waals surface area contributed by atoms with Crippen molar-refractivity contribution in [2.45, 2.75) is 51.6 Å². The maximum Gasteiger partial charge on any atom is 0.0723 e. The maximum atomic E-state index is 9.03. The second-order valence-corrected chi connectivity index (χ2v) is 2.96. The molecule has 0 spiro atoms. The quantitative estimate of drug-likeness (QED) is 0.560. The first-order valence-corrected chi connectivity index (χ1v) is 4.54. The second kappa shape index (κ2) is 7.80. The van der Waals surface area contributed by atoms with Gasteiger partial charge in [0.05, 0.1) is 6.10 Å². The van der Waals surface area contributed by atoms with E-state index in [9.17, 15) is 0 Å². The van der Waals surface area contributed by atoms with E-state index in [-0.39, 0.29) is 0 Å². The third-order valence-electron chi connectivity index (χ3n) is 1.83. The minimum Gasteiger partial charge on any atom is -0.389 e. The molecule has 0 heterocycles. The van der Waals surface area contributed by atoms with Crippen molar-refractivity contribution in [2.24, 2.45) is 0 Å². The Hall–Kier alpha value is -0.300. The van der Waals surface area contributed by atoms with Crippen LogP contribution in [0, 0.1) is 6.58 Å². The summed E-state index contributed by atoms with van der Waals surface area (Å²) < 4.78 is 0. The number of unbranched alkanes of at least 4 members (excludes halogenated alkanes) is 4. The number of hydrogen-bond acceptors (Lipinski definition) is 1. The number of hydrogen-bond donors (Lipinski definition) is 1. The van der Waals surface area contributed by atoms with Gasteiger partial charge < -0.3 is 5.11 Å². The predicted molar refractivity (Wildman–Crippen MR) is 48.3 cm³/mol. The monoisotopic (exact) mass is 155 g/mol. The van der Waals surface area contributed by atoms with Gasteiger partial charge in [-0.15, -0.1) is 0 Å². The highest BCUT2D eigenvalue weighted by Gasteiger charge is 1.96. The molecule has 0 fully saturated rings. The summed E-state index contributed by atoms with van der Waals surface area (Å²) in [7, 11) is 0. The first kappa shape index (κ1) is 10.7. The molecule has 0 aromatic rings. The lowest BCUT2D eigenvalue weighted by atomic mass is 10.1. The van der Waals surface area contributed by atoms with Crippen molar-refractivity contribution in [3.8, 4) is 0 Å². The first-order valence-electron chi connectivity index (χ1n) is 4.54. The zero-order valence-corrected chi connectivity index (χ0v) is 7.42. The molecule has 0 aromatic carbocycles. The third-order valence-corrected chi connectivity index (χ3v) is 1.83. The molecule has 0 bridgehead atoms. The highest BCUT2D eigenvalue weighted by atomic mass is 16.3. The van der Waals surface area contributed by atoms with Crippen molar-refractivity contribution in [3.05, 3.63) is 12.7 Å². The summed E-state index contributed by atoms with van der Waals surface area (Å²) in [5.74, 6) is 0. The molecule has 11 heavy (non-hydrogen) atoms. The van der Waals surface area contributed by atoms with Gasteiger partial charge in [-0.1, -0.05) is 51.7 Å². The van der Waals surface area contributed by atoms with Gasteiger partial charge in [0.2, 0.25) is 0 Å². The molecule has 0 aliphatic heterocycles. The van der Waals surface area contributed by atoms with Crippen LogP contribution < -0.4 is 0 Å². The lowest BCUT2D eigenvalue weighted by Crippen LogP contribution is -2.00. The highest BCUT2D eigenvalue weighted by molar-refractivity contribution is 4.74. The zero-order valence-electron chi connectivity index (χ0n) is 7.42. The zero-order chi connectivity index (χ0) is 8.53. The average molecular weight is 155 g/mol. The Balaban J connectivity index is 2.95. The lowest BCUT2D eigenvalue weighted by Gasteiger charge is -2.03. The fourth-order valence-electron chi connectivity index (χ4n) is 1.05. The Morgan fingerprint density at radius 3 is 2.45 bits per heavy atom. The summed E-state index contributed by atoms with van der Waals surface area (Å²) in [6, 6.07) is 0. The Bertz CT molecular complexity index is 88.9. The molecule has 0 aliphatic carbocycles. The van der Waals surface area contributed by atoms with Crippen LogP contribution >= 0.6 is 0 Å². The molecule has 0 saturated heterocycles. The van der Waals surface area contributed by atoms with E-state index >= 15 is 0 Å². The summed E-state index contributed by atoms with van der Waals surface area (Å²) in [6.45, 7) is 7.33. The molecule has 1 N–H and O–H groups in total. The Labute approximate surface area is 70.1 Å². The van der Waals surface area contributed by atoms with Crippen LogP contribution in [0.1, 0.15) is 45.4 Å². The van der Waals surface area contributed by atoms with Gasteiger partial charge in [-0.2, -0.15) is 0 Å². The van der Waals surface area contributed by atoms with Crippen LogP contribution in [0.4, 0.5) is 0 Å². The minimum atomic E-state index is -0.392. The Kier molecular flexibility index (Phi) is 7.59. The molecule has 0 aromatic heterocycles. The normalized spacial score (nSPS) is 12.9. The lowest BCUT2D eigenvalue weighted by molar-refractivity contribution is 0.208. The van der Waals surface area contributed by atoms with Gasteiger partial charge in [-0.05, 0) is 6.42 Å². The minimum absolute atomic E-state index is 0.392. The third kappa shape index (κ3) is 7.60. The molecule has 0 amide bonds. The van der Waals surface area contributed by atoms with Gasteiger partial charge in [0.25, 0.3) is 0 Å². The first-order chi connectivity index (χ1) is 5.31. The molecular weight excluding hydrogens is 136 g/mol. The van der Waals surface area contributed by atoms with Crippen molar-refractivity contribution in [1.82, 2.24) is 0 Å².